The summed E-state index contributed by atoms with van der Waals surface area (Å²) in [7, 11) is -3.85. The first-order valence-corrected chi connectivity index (χ1v) is 11.8. The van der Waals surface area contributed by atoms with Crippen LogP contribution in [0.2, 0.25) is 0 Å². The smallest absolute Gasteiger partial charge is 0.243 e. The number of anilines is 1. The molecule has 0 aliphatic carbocycles. The summed E-state index contributed by atoms with van der Waals surface area (Å²) in [5, 5.41) is 0. The zero-order chi connectivity index (χ0) is 22.0. The summed E-state index contributed by atoms with van der Waals surface area (Å²) >= 11 is 0. The van der Waals surface area contributed by atoms with Gasteiger partial charge in [-0.1, -0.05) is 66.2 Å². The monoisotopic (exact) mass is 434 g/mol. The van der Waals surface area contributed by atoms with Gasteiger partial charge in [0.1, 0.15) is 0 Å². The fourth-order valence-electron chi connectivity index (χ4n) is 4.04. The molecule has 1 unspecified atom stereocenters. The third-order valence-corrected chi connectivity index (χ3v) is 7.45. The Morgan fingerprint density at radius 2 is 1.61 bits per heavy atom. The summed E-state index contributed by atoms with van der Waals surface area (Å²) in [6.07, 6.45) is 0.769. The van der Waals surface area contributed by atoms with Crippen LogP contribution in [0.4, 0.5) is 5.69 Å². The van der Waals surface area contributed by atoms with Crippen LogP contribution >= 0.6 is 0 Å². The number of hydrogen-bond donors (Lipinski definition) is 0. The number of nitrogens with zero attached hydrogens (tertiary/aromatic N) is 2. The van der Waals surface area contributed by atoms with E-state index in [0.717, 1.165) is 28.8 Å². The van der Waals surface area contributed by atoms with Crippen LogP contribution in [0, 0.1) is 6.92 Å². The molecule has 3 aromatic carbocycles. The molecule has 0 bridgehead atoms. The van der Waals surface area contributed by atoms with Gasteiger partial charge in [0.15, 0.2) is 0 Å². The second kappa shape index (κ2) is 8.65. The van der Waals surface area contributed by atoms with Crippen molar-refractivity contribution in [1.29, 1.82) is 0 Å². The van der Waals surface area contributed by atoms with E-state index in [0.29, 0.717) is 0 Å². The van der Waals surface area contributed by atoms with Crippen molar-refractivity contribution in [2.75, 3.05) is 11.4 Å². The molecular weight excluding hydrogens is 408 g/mol. The molecule has 1 atom stereocenters. The van der Waals surface area contributed by atoms with Crippen LogP contribution in [0.1, 0.15) is 23.6 Å². The number of benzene rings is 3. The van der Waals surface area contributed by atoms with Gasteiger partial charge in [0.05, 0.1) is 11.4 Å². The molecule has 1 heterocycles. The molecule has 1 aliphatic heterocycles. The fourth-order valence-corrected chi connectivity index (χ4v) is 5.42. The Balaban J connectivity index is 1.66. The maximum absolute atomic E-state index is 13.5. The van der Waals surface area contributed by atoms with Crippen LogP contribution in [0.3, 0.4) is 0 Å². The normalized spacial score (nSPS) is 15.8. The molecule has 0 saturated carbocycles. The molecule has 0 aromatic heterocycles. The molecule has 31 heavy (non-hydrogen) atoms. The zero-order valence-corrected chi connectivity index (χ0v) is 18.5. The number of amides is 1. The van der Waals surface area contributed by atoms with Gasteiger partial charge in [-0.05, 0) is 49.6 Å². The Morgan fingerprint density at radius 1 is 0.968 bits per heavy atom. The Morgan fingerprint density at radius 3 is 2.32 bits per heavy atom. The van der Waals surface area contributed by atoms with Crippen molar-refractivity contribution >= 4 is 21.6 Å². The van der Waals surface area contributed by atoms with E-state index in [2.05, 4.69) is 0 Å². The van der Waals surface area contributed by atoms with Crippen molar-refractivity contribution in [3.63, 3.8) is 0 Å². The van der Waals surface area contributed by atoms with Crippen molar-refractivity contribution in [2.45, 2.75) is 37.8 Å². The van der Waals surface area contributed by atoms with Crippen molar-refractivity contribution < 1.29 is 13.2 Å². The predicted octanol–water partition coefficient (Wildman–Crippen LogP) is 4.16. The highest BCUT2D eigenvalue weighted by atomic mass is 32.2. The summed E-state index contributed by atoms with van der Waals surface area (Å²) in [4.78, 5) is 15.3. The van der Waals surface area contributed by atoms with Crippen molar-refractivity contribution in [3.05, 3.63) is 95.6 Å². The van der Waals surface area contributed by atoms with Crippen LogP contribution in [-0.2, 0) is 27.8 Å². The molecule has 3 aromatic rings. The van der Waals surface area contributed by atoms with E-state index < -0.39 is 10.0 Å². The molecular formula is C25H26N2O3S. The molecule has 1 amide bonds. The van der Waals surface area contributed by atoms with E-state index in [1.54, 1.807) is 29.2 Å². The average molecular weight is 435 g/mol. The van der Waals surface area contributed by atoms with Gasteiger partial charge in [-0.3, -0.25) is 4.79 Å². The van der Waals surface area contributed by atoms with Gasteiger partial charge in [-0.2, -0.15) is 4.31 Å². The van der Waals surface area contributed by atoms with Crippen LogP contribution in [0.25, 0.3) is 0 Å². The minimum absolute atomic E-state index is 0.00875. The van der Waals surface area contributed by atoms with Crippen LogP contribution in [0.15, 0.2) is 83.8 Å². The largest absolute Gasteiger partial charge is 0.308 e. The third-order valence-electron chi connectivity index (χ3n) is 5.65. The number of fused-ring (bicyclic) bond motifs is 1. The highest BCUT2D eigenvalue weighted by molar-refractivity contribution is 7.89. The first kappa shape index (κ1) is 21.3. The van der Waals surface area contributed by atoms with E-state index in [1.165, 1.54) is 4.31 Å². The second-order valence-electron chi connectivity index (χ2n) is 8.02. The summed E-state index contributed by atoms with van der Waals surface area (Å²) in [5.74, 6) is -0.218. The highest BCUT2D eigenvalue weighted by Crippen LogP contribution is 2.32. The molecule has 0 spiro atoms. The van der Waals surface area contributed by atoms with Gasteiger partial charge in [0, 0.05) is 18.3 Å². The Bertz CT molecular complexity index is 1170. The predicted molar refractivity (Wildman–Crippen MR) is 122 cm³/mol. The van der Waals surface area contributed by atoms with E-state index >= 15 is 0 Å². The number of hydrogen-bond acceptors (Lipinski definition) is 3. The molecule has 6 heteroatoms. The Labute approximate surface area is 184 Å². The molecule has 1 aliphatic rings. The maximum Gasteiger partial charge on any atom is 0.243 e. The standard InChI is InChI=1S/C25H26N2O3S/c1-19-12-14-23(15-13-19)31(29,30)26(17-21-8-4-3-5-9-21)18-25(28)27-20(2)16-22-10-6-7-11-24(22)27/h3-15,20H,16-18H2,1-2H3. The third kappa shape index (κ3) is 4.40. The summed E-state index contributed by atoms with van der Waals surface area (Å²) in [6, 6.07) is 23.9. The summed E-state index contributed by atoms with van der Waals surface area (Å²) in [6.45, 7) is 3.82. The van der Waals surface area contributed by atoms with Crippen molar-refractivity contribution in [2.24, 2.45) is 0 Å². The maximum atomic E-state index is 13.5. The first-order chi connectivity index (χ1) is 14.9. The van der Waals surface area contributed by atoms with Gasteiger partial charge in [-0.15, -0.1) is 0 Å². The molecule has 0 N–H and O–H groups in total. The summed E-state index contributed by atoms with van der Waals surface area (Å²) < 4.78 is 28.2. The topological polar surface area (TPSA) is 57.7 Å². The Hall–Kier alpha value is -2.96. The van der Waals surface area contributed by atoms with Gasteiger partial charge < -0.3 is 4.90 Å². The minimum Gasteiger partial charge on any atom is -0.308 e. The van der Waals surface area contributed by atoms with Crippen molar-refractivity contribution in [1.82, 2.24) is 4.31 Å². The van der Waals surface area contributed by atoms with Gasteiger partial charge in [0.25, 0.3) is 0 Å². The first-order valence-electron chi connectivity index (χ1n) is 10.4. The highest BCUT2D eigenvalue weighted by Gasteiger charge is 2.34. The molecule has 4 rings (SSSR count). The molecule has 160 valence electrons. The number of para-hydroxylation sites is 1. The number of rotatable bonds is 6. The van der Waals surface area contributed by atoms with Gasteiger partial charge in [-0.25, -0.2) is 8.42 Å². The number of aryl methyl sites for hydroxylation is 1. The SMILES string of the molecule is Cc1ccc(S(=O)(=O)N(CC(=O)N2c3ccccc3CC2C)Cc2ccccc2)cc1. The van der Waals surface area contributed by atoms with Crippen LogP contribution in [-0.4, -0.2) is 31.2 Å². The van der Waals surface area contributed by atoms with E-state index in [1.807, 2.05) is 68.4 Å². The quantitative estimate of drug-likeness (QED) is 0.585. The number of carbonyl (C=O) groups excluding carboxylic acids is 1. The average Bonchev–Trinajstić information content (AvgIpc) is 3.10. The number of carbonyl (C=O) groups is 1. The zero-order valence-electron chi connectivity index (χ0n) is 17.7. The number of sulfonamides is 1. The van der Waals surface area contributed by atoms with Gasteiger partial charge in [0.2, 0.25) is 15.9 Å². The lowest BCUT2D eigenvalue weighted by Gasteiger charge is -2.27. The van der Waals surface area contributed by atoms with Crippen LogP contribution < -0.4 is 4.90 Å². The van der Waals surface area contributed by atoms with E-state index in [4.69, 9.17) is 0 Å². The lowest BCUT2D eigenvalue weighted by Crippen LogP contribution is -2.44. The Kier molecular flexibility index (Phi) is 5.94. The molecule has 0 saturated heterocycles. The van der Waals surface area contributed by atoms with E-state index in [9.17, 15) is 13.2 Å². The molecule has 0 radical (unpaired) electrons. The molecule has 0 fully saturated rings. The van der Waals surface area contributed by atoms with Gasteiger partial charge >= 0.3 is 0 Å². The van der Waals surface area contributed by atoms with Crippen LogP contribution in [0.5, 0.6) is 0 Å². The van der Waals surface area contributed by atoms with Crippen molar-refractivity contribution in [3.8, 4) is 0 Å². The molecule has 5 nitrogen and oxygen atoms in total. The summed E-state index contributed by atoms with van der Waals surface area (Å²) in [5.41, 5.74) is 3.79. The minimum atomic E-state index is -3.85. The second-order valence-corrected chi connectivity index (χ2v) is 9.96. The fraction of sp³-hybridized carbons (Fsp3) is 0.240. The lowest BCUT2D eigenvalue weighted by atomic mass is 10.1. The lowest BCUT2D eigenvalue weighted by molar-refractivity contribution is -0.119. The van der Waals surface area contributed by atoms with E-state index in [-0.39, 0.29) is 29.9 Å².